The molecule has 1 N–H and O–H groups in total. The Balaban J connectivity index is 1.94. The summed E-state index contributed by atoms with van der Waals surface area (Å²) in [4.78, 5) is 14.2. The molecule has 0 aliphatic carbocycles. The molecule has 0 bridgehead atoms. The van der Waals surface area contributed by atoms with Crippen molar-refractivity contribution in [1.29, 1.82) is 0 Å². The molecule has 2 aliphatic heterocycles. The lowest BCUT2D eigenvalue weighted by molar-refractivity contribution is -0.138. The van der Waals surface area contributed by atoms with E-state index in [1.165, 1.54) is 0 Å². The van der Waals surface area contributed by atoms with Crippen LogP contribution in [-0.2, 0) is 9.53 Å². The lowest BCUT2D eigenvalue weighted by Crippen LogP contribution is -2.53. The van der Waals surface area contributed by atoms with Crippen LogP contribution in [0, 0.1) is 5.92 Å². The van der Waals surface area contributed by atoms with E-state index in [0.717, 1.165) is 32.7 Å². The van der Waals surface area contributed by atoms with Crippen LogP contribution in [0.25, 0.3) is 0 Å². The fourth-order valence-corrected chi connectivity index (χ4v) is 2.42. The number of nitrogens with one attached hydrogen (secondary N) is 1. The molecule has 86 valence electrons. The number of piperazine rings is 1. The molecular formula is C11H20N2O2. The van der Waals surface area contributed by atoms with E-state index in [1.54, 1.807) is 0 Å². The summed E-state index contributed by atoms with van der Waals surface area (Å²) in [5.74, 6) is 0.378. The van der Waals surface area contributed by atoms with Gasteiger partial charge in [-0.3, -0.25) is 4.79 Å². The van der Waals surface area contributed by atoms with E-state index in [2.05, 4.69) is 12.2 Å². The molecule has 2 aliphatic rings. The molecule has 1 amide bonds. The average molecular weight is 212 g/mol. The smallest absolute Gasteiger partial charge is 0.228 e. The summed E-state index contributed by atoms with van der Waals surface area (Å²) in [5, 5.41) is 3.34. The molecule has 0 aromatic rings. The number of ether oxygens (including phenoxy) is 1. The molecule has 0 aromatic carbocycles. The lowest BCUT2D eigenvalue weighted by atomic mass is 10.0. The van der Waals surface area contributed by atoms with Gasteiger partial charge in [0.1, 0.15) is 0 Å². The summed E-state index contributed by atoms with van der Waals surface area (Å²) >= 11 is 0. The van der Waals surface area contributed by atoms with Crippen LogP contribution in [0.4, 0.5) is 0 Å². The first-order chi connectivity index (χ1) is 7.18. The van der Waals surface area contributed by atoms with Crippen molar-refractivity contribution in [3.05, 3.63) is 0 Å². The molecule has 3 atom stereocenters. The van der Waals surface area contributed by atoms with E-state index in [1.807, 2.05) is 11.8 Å². The SMILES string of the molecule is CC1OCCC1C(=O)N1CCN[C@H](C)C1. The van der Waals surface area contributed by atoms with Crippen molar-refractivity contribution in [3.63, 3.8) is 0 Å². The summed E-state index contributed by atoms with van der Waals surface area (Å²) in [5.41, 5.74) is 0. The minimum absolute atomic E-state index is 0.0929. The highest BCUT2D eigenvalue weighted by atomic mass is 16.5. The average Bonchev–Trinajstić information content (AvgIpc) is 2.63. The Labute approximate surface area is 91.0 Å². The fourth-order valence-electron chi connectivity index (χ4n) is 2.42. The van der Waals surface area contributed by atoms with Crippen molar-refractivity contribution in [2.45, 2.75) is 32.4 Å². The normalized spacial score (nSPS) is 36.9. The molecule has 2 fully saturated rings. The molecule has 2 unspecified atom stereocenters. The van der Waals surface area contributed by atoms with Crippen LogP contribution in [0.15, 0.2) is 0 Å². The van der Waals surface area contributed by atoms with Crippen molar-refractivity contribution in [1.82, 2.24) is 10.2 Å². The number of carbonyl (C=O) groups is 1. The molecule has 0 aromatic heterocycles. The summed E-state index contributed by atoms with van der Waals surface area (Å²) in [6.07, 6.45) is 0.987. The standard InChI is InChI=1S/C11H20N2O2/c1-8-7-13(5-4-12-8)11(14)10-3-6-15-9(10)2/h8-10,12H,3-7H2,1-2H3/t8-,9?,10?/m1/s1. The first kappa shape index (κ1) is 10.9. The van der Waals surface area contributed by atoms with E-state index in [0.29, 0.717) is 6.04 Å². The number of hydrogen-bond donors (Lipinski definition) is 1. The van der Waals surface area contributed by atoms with E-state index < -0.39 is 0 Å². The number of amides is 1. The Morgan fingerprint density at radius 1 is 1.47 bits per heavy atom. The highest BCUT2D eigenvalue weighted by Crippen LogP contribution is 2.23. The van der Waals surface area contributed by atoms with Gasteiger partial charge >= 0.3 is 0 Å². The molecule has 2 saturated heterocycles. The van der Waals surface area contributed by atoms with Crippen LogP contribution < -0.4 is 5.32 Å². The van der Waals surface area contributed by atoms with Crippen LogP contribution in [0.1, 0.15) is 20.3 Å². The van der Waals surface area contributed by atoms with Crippen molar-refractivity contribution in [2.24, 2.45) is 5.92 Å². The molecule has 2 heterocycles. The minimum atomic E-state index is 0.0929. The number of nitrogens with zero attached hydrogens (tertiary/aromatic N) is 1. The van der Waals surface area contributed by atoms with E-state index in [-0.39, 0.29) is 17.9 Å². The van der Waals surface area contributed by atoms with Gasteiger partial charge in [0.25, 0.3) is 0 Å². The molecular weight excluding hydrogens is 192 g/mol. The predicted molar refractivity (Wildman–Crippen MR) is 57.6 cm³/mol. The third kappa shape index (κ3) is 2.32. The van der Waals surface area contributed by atoms with Crippen LogP contribution in [0.2, 0.25) is 0 Å². The van der Waals surface area contributed by atoms with Gasteiger partial charge < -0.3 is 15.0 Å². The highest BCUT2D eigenvalue weighted by Gasteiger charge is 2.34. The first-order valence-electron chi connectivity index (χ1n) is 5.82. The van der Waals surface area contributed by atoms with E-state index in [4.69, 9.17) is 4.74 Å². The van der Waals surface area contributed by atoms with Crippen LogP contribution in [0.5, 0.6) is 0 Å². The zero-order chi connectivity index (χ0) is 10.8. The van der Waals surface area contributed by atoms with Crippen molar-refractivity contribution < 1.29 is 9.53 Å². The lowest BCUT2D eigenvalue weighted by Gasteiger charge is -2.34. The van der Waals surface area contributed by atoms with E-state index in [9.17, 15) is 4.79 Å². The largest absolute Gasteiger partial charge is 0.378 e. The quantitative estimate of drug-likeness (QED) is 0.676. The molecule has 0 spiro atoms. The van der Waals surface area contributed by atoms with Crippen molar-refractivity contribution >= 4 is 5.91 Å². The van der Waals surface area contributed by atoms with Crippen molar-refractivity contribution in [2.75, 3.05) is 26.2 Å². The van der Waals surface area contributed by atoms with Crippen LogP contribution >= 0.6 is 0 Å². The summed E-state index contributed by atoms with van der Waals surface area (Å²) in [6.45, 7) is 7.44. The molecule has 4 nitrogen and oxygen atoms in total. The second-order valence-electron chi connectivity index (χ2n) is 4.61. The molecule has 2 rings (SSSR count). The van der Waals surface area contributed by atoms with E-state index >= 15 is 0 Å². The maximum absolute atomic E-state index is 12.2. The van der Waals surface area contributed by atoms with Gasteiger partial charge in [0.05, 0.1) is 12.0 Å². The number of carbonyl (C=O) groups excluding carboxylic acids is 1. The van der Waals surface area contributed by atoms with Gasteiger partial charge in [0.15, 0.2) is 0 Å². The minimum Gasteiger partial charge on any atom is -0.378 e. The third-order valence-corrected chi connectivity index (χ3v) is 3.37. The van der Waals surface area contributed by atoms with Gasteiger partial charge in [0, 0.05) is 32.3 Å². The second kappa shape index (κ2) is 4.49. The predicted octanol–water partition coefficient (Wildman–Crippen LogP) is 0.232. The third-order valence-electron chi connectivity index (χ3n) is 3.37. The molecule has 0 saturated carbocycles. The van der Waals surface area contributed by atoms with Gasteiger partial charge in [-0.05, 0) is 20.3 Å². The Hall–Kier alpha value is -0.610. The molecule has 0 radical (unpaired) electrons. The Kier molecular flexibility index (Phi) is 3.26. The maximum Gasteiger partial charge on any atom is 0.228 e. The Bertz CT molecular complexity index is 245. The van der Waals surface area contributed by atoms with Gasteiger partial charge in [-0.2, -0.15) is 0 Å². The van der Waals surface area contributed by atoms with Gasteiger partial charge in [-0.15, -0.1) is 0 Å². The van der Waals surface area contributed by atoms with Gasteiger partial charge in [-0.1, -0.05) is 0 Å². The second-order valence-corrected chi connectivity index (χ2v) is 4.61. The topological polar surface area (TPSA) is 41.6 Å². The highest BCUT2D eigenvalue weighted by molar-refractivity contribution is 5.79. The van der Waals surface area contributed by atoms with Crippen LogP contribution in [-0.4, -0.2) is 49.2 Å². The summed E-state index contributed by atoms with van der Waals surface area (Å²) in [7, 11) is 0. The van der Waals surface area contributed by atoms with Gasteiger partial charge in [-0.25, -0.2) is 0 Å². The summed E-state index contributed by atoms with van der Waals surface area (Å²) < 4.78 is 5.44. The number of rotatable bonds is 1. The zero-order valence-electron chi connectivity index (χ0n) is 9.53. The number of hydrogen-bond acceptors (Lipinski definition) is 3. The Morgan fingerprint density at radius 2 is 2.27 bits per heavy atom. The fraction of sp³-hybridized carbons (Fsp3) is 0.909. The van der Waals surface area contributed by atoms with Crippen LogP contribution in [0.3, 0.4) is 0 Å². The monoisotopic (exact) mass is 212 g/mol. The van der Waals surface area contributed by atoms with Gasteiger partial charge in [0.2, 0.25) is 5.91 Å². The maximum atomic E-state index is 12.2. The zero-order valence-corrected chi connectivity index (χ0v) is 9.53. The molecule has 4 heteroatoms. The molecule has 15 heavy (non-hydrogen) atoms. The van der Waals surface area contributed by atoms with Crippen molar-refractivity contribution in [3.8, 4) is 0 Å². The Morgan fingerprint density at radius 3 is 2.87 bits per heavy atom. The first-order valence-corrected chi connectivity index (χ1v) is 5.82. The summed E-state index contributed by atoms with van der Waals surface area (Å²) in [6, 6.07) is 0.417.